The molecule has 2 heterocycles. The van der Waals surface area contributed by atoms with Gasteiger partial charge in [0.2, 0.25) is 0 Å². The smallest absolute Gasteiger partial charge is 0.422 e. The number of methoxy groups -OCH3 is 1. The third kappa shape index (κ3) is 5.29. The quantitative estimate of drug-likeness (QED) is 0.667. The van der Waals surface area contributed by atoms with E-state index >= 15 is 0 Å². The van der Waals surface area contributed by atoms with Crippen molar-refractivity contribution in [3.8, 4) is 11.5 Å². The molecule has 1 amide bonds. The van der Waals surface area contributed by atoms with Crippen molar-refractivity contribution >= 4 is 18.3 Å². The number of amides is 1. The minimum absolute atomic E-state index is 0. The minimum atomic E-state index is -4.44. The molecular weight excluding hydrogens is 401 g/mol. The molecule has 0 fully saturated rings. The average Bonchev–Trinajstić information content (AvgIpc) is 3.08. The second kappa shape index (κ2) is 9.16. The fraction of sp³-hybridized carbons (Fsp3) is 0.412. The second-order valence-corrected chi connectivity index (χ2v) is 6.03. The van der Waals surface area contributed by atoms with Crippen LogP contribution in [-0.2, 0) is 19.5 Å². The predicted octanol–water partition coefficient (Wildman–Crippen LogP) is 2.36. The lowest BCUT2D eigenvalue weighted by atomic mass is 10.1. The first-order valence-corrected chi connectivity index (χ1v) is 8.29. The molecule has 7 nitrogen and oxygen atoms in total. The Balaban J connectivity index is 0.00000280. The molecule has 1 aromatic heterocycles. The predicted molar refractivity (Wildman–Crippen MR) is 97.0 cm³/mol. The van der Waals surface area contributed by atoms with Crippen LogP contribution in [0.4, 0.5) is 13.2 Å². The zero-order chi connectivity index (χ0) is 19.4. The Morgan fingerprint density at radius 2 is 2.11 bits per heavy atom. The molecule has 0 spiro atoms. The van der Waals surface area contributed by atoms with Gasteiger partial charge in [-0.15, -0.1) is 12.4 Å². The summed E-state index contributed by atoms with van der Waals surface area (Å²) < 4.78 is 46.7. The molecule has 1 aromatic carbocycles. The Labute approximate surface area is 165 Å². The molecule has 0 saturated heterocycles. The number of carbonyl (C=O) groups is 1. The van der Waals surface area contributed by atoms with E-state index in [-0.39, 0.29) is 36.4 Å². The number of benzene rings is 1. The van der Waals surface area contributed by atoms with E-state index in [0.29, 0.717) is 17.8 Å². The maximum absolute atomic E-state index is 12.4. The molecule has 154 valence electrons. The third-order valence-electron chi connectivity index (χ3n) is 4.09. The van der Waals surface area contributed by atoms with Gasteiger partial charge in [-0.05, 0) is 17.7 Å². The van der Waals surface area contributed by atoms with Gasteiger partial charge in [0.1, 0.15) is 0 Å². The highest BCUT2D eigenvalue weighted by molar-refractivity contribution is 5.94. The summed E-state index contributed by atoms with van der Waals surface area (Å²) in [6.45, 7) is 0.175. The van der Waals surface area contributed by atoms with E-state index < -0.39 is 12.8 Å². The van der Waals surface area contributed by atoms with Crippen LogP contribution in [0, 0.1) is 0 Å². The lowest BCUT2D eigenvalue weighted by Crippen LogP contribution is -2.28. The number of aromatic nitrogens is 2. The number of ether oxygens (including phenoxy) is 2. The Bertz CT molecular complexity index is 826. The fourth-order valence-corrected chi connectivity index (χ4v) is 2.78. The van der Waals surface area contributed by atoms with Gasteiger partial charge in [-0.3, -0.25) is 9.89 Å². The maximum atomic E-state index is 12.4. The van der Waals surface area contributed by atoms with Gasteiger partial charge in [-0.1, -0.05) is 6.07 Å². The number of aromatic amines is 1. The molecule has 0 saturated carbocycles. The highest BCUT2D eigenvalue weighted by atomic mass is 35.5. The van der Waals surface area contributed by atoms with Gasteiger partial charge >= 0.3 is 6.18 Å². The fourth-order valence-electron chi connectivity index (χ4n) is 2.78. The van der Waals surface area contributed by atoms with Crippen LogP contribution in [0.2, 0.25) is 0 Å². The van der Waals surface area contributed by atoms with Gasteiger partial charge in [-0.2, -0.15) is 18.3 Å². The highest BCUT2D eigenvalue weighted by Gasteiger charge is 2.29. The van der Waals surface area contributed by atoms with Crippen molar-refractivity contribution in [2.75, 3.05) is 20.3 Å². The third-order valence-corrected chi connectivity index (χ3v) is 4.09. The van der Waals surface area contributed by atoms with Crippen LogP contribution in [0.1, 0.15) is 27.3 Å². The van der Waals surface area contributed by atoms with Crippen LogP contribution in [0.3, 0.4) is 0 Å². The number of alkyl halides is 3. The summed E-state index contributed by atoms with van der Waals surface area (Å²) in [7, 11) is 1.33. The summed E-state index contributed by atoms with van der Waals surface area (Å²) in [5, 5.41) is 12.9. The number of rotatable bonds is 6. The number of H-pyrrole nitrogens is 1. The van der Waals surface area contributed by atoms with Crippen molar-refractivity contribution in [1.82, 2.24) is 20.8 Å². The maximum Gasteiger partial charge on any atom is 0.422 e. The van der Waals surface area contributed by atoms with Gasteiger partial charge in [0.05, 0.1) is 7.11 Å². The Kier molecular flexibility index (Phi) is 7.14. The summed E-state index contributed by atoms with van der Waals surface area (Å²) in [6.07, 6.45) is -3.65. The van der Waals surface area contributed by atoms with Gasteiger partial charge in [0.25, 0.3) is 5.91 Å². The highest BCUT2D eigenvalue weighted by Crippen LogP contribution is 2.29. The van der Waals surface area contributed by atoms with E-state index in [9.17, 15) is 18.0 Å². The van der Waals surface area contributed by atoms with E-state index in [2.05, 4.69) is 20.8 Å². The van der Waals surface area contributed by atoms with E-state index in [1.165, 1.54) is 19.2 Å². The first-order chi connectivity index (χ1) is 12.9. The van der Waals surface area contributed by atoms with Crippen molar-refractivity contribution < 1.29 is 27.4 Å². The number of hydrogen-bond donors (Lipinski definition) is 3. The molecule has 0 radical (unpaired) electrons. The monoisotopic (exact) mass is 420 g/mol. The molecule has 0 aliphatic carbocycles. The van der Waals surface area contributed by atoms with Crippen molar-refractivity contribution in [3.05, 3.63) is 40.7 Å². The Hall–Kier alpha value is -2.46. The van der Waals surface area contributed by atoms with E-state index in [1.54, 1.807) is 6.07 Å². The van der Waals surface area contributed by atoms with Crippen LogP contribution in [-0.4, -0.2) is 42.5 Å². The molecule has 1 aliphatic heterocycles. The normalized spacial score (nSPS) is 13.3. The SMILES string of the molecule is COc1cc(CNC(=O)c2n[nH]c3c2CNCC3)ccc1OCC(F)(F)F.Cl. The first-order valence-electron chi connectivity index (χ1n) is 8.29. The topological polar surface area (TPSA) is 88.3 Å². The number of hydrogen-bond acceptors (Lipinski definition) is 5. The minimum Gasteiger partial charge on any atom is -0.493 e. The Morgan fingerprint density at radius 3 is 2.82 bits per heavy atom. The molecular formula is C17H20ClF3N4O3. The van der Waals surface area contributed by atoms with Crippen molar-refractivity contribution in [1.29, 1.82) is 0 Å². The summed E-state index contributed by atoms with van der Waals surface area (Å²) in [5.74, 6) is -0.183. The van der Waals surface area contributed by atoms with Gasteiger partial charge < -0.3 is 20.1 Å². The van der Waals surface area contributed by atoms with Crippen LogP contribution >= 0.6 is 12.4 Å². The molecule has 11 heteroatoms. The van der Waals surface area contributed by atoms with Crippen molar-refractivity contribution in [2.45, 2.75) is 25.7 Å². The lowest BCUT2D eigenvalue weighted by Gasteiger charge is -2.14. The number of nitrogens with zero attached hydrogens (tertiary/aromatic N) is 1. The molecule has 0 bridgehead atoms. The average molecular weight is 421 g/mol. The van der Waals surface area contributed by atoms with Crippen LogP contribution < -0.4 is 20.1 Å². The van der Waals surface area contributed by atoms with Crippen LogP contribution in [0.25, 0.3) is 0 Å². The van der Waals surface area contributed by atoms with E-state index in [4.69, 9.17) is 9.47 Å². The molecule has 3 rings (SSSR count). The Morgan fingerprint density at radius 1 is 1.32 bits per heavy atom. The first kappa shape index (κ1) is 21.8. The number of carbonyl (C=O) groups excluding carboxylic acids is 1. The lowest BCUT2D eigenvalue weighted by molar-refractivity contribution is -0.153. The number of nitrogens with one attached hydrogen (secondary N) is 3. The van der Waals surface area contributed by atoms with E-state index in [0.717, 1.165) is 24.2 Å². The van der Waals surface area contributed by atoms with Gasteiger partial charge in [0, 0.05) is 37.3 Å². The zero-order valence-corrected chi connectivity index (χ0v) is 15.8. The molecule has 1 aliphatic rings. The summed E-state index contributed by atoms with van der Waals surface area (Å²) in [4.78, 5) is 12.4. The largest absolute Gasteiger partial charge is 0.493 e. The summed E-state index contributed by atoms with van der Waals surface area (Å²) >= 11 is 0. The standard InChI is InChI=1S/C17H19F3N4O3.ClH/c1-26-14-6-10(2-3-13(14)27-9-17(18,19)20)7-22-16(25)15-11-8-21-5-4-12(11)23-24-15;/h2-3,6,21H,4-5,7-9H2,1H3,(H,22,25)(H,23,24);1H. The molecule has 3 N–H and O–H groups in total. The number of fused-ring (bicyclic) bond motifs is 1. The molecule has 0 atom stereocenters. The van der Waals surface area contributed by atoms with Crippen molar-refractivity contribution in [2.24, 2.45) is 0 Å². The molecule has 0 unspecified atom stereocenters. The summed E-state index contributed by atoms with van der Waals surface area (Å²) in [6, 6.07) is 4.47. The zero-order valence-electron chi connectivity index (χ0n) is 15.0. The number of halogens is 4. The molecule has 28 heavy (non-hydrogen) atoms. The van der Waals surface area contributed by atoms with Crippen LogP contribution in [0.15, 0.2) is 18.2 Å². The van der Waals surface area contributed by atoms with E-state index in [1.807, 2.05) is 0 Å². The summed E-state index contributed by atoms with van der Waals surface area (Å²) in [5.41, 5.74) is 2.80. The van der Waals surface area contributed by atoms with Crippen LogP contribution in [0.5, 0.6) is 11.5 Å². The van der Waals surface area contributed by atoms with Gasteiger partial charge in [0.15, 0.2) is 23.8 Å². The van der Waals surface area contributed by atoms with Gasteiger partial charge in [-0.25, -0.2) is 0 Å². The molecule has 2 aromatic rings. The van der Waals surface area contributed by atoms with Crippen molar-refractivity contribution in [3.63, 3.8) is 0 Å². The second-order valence-electron chi connectivity index (χ2n) is 6.03.